The van der Waals surface area contributed by atoms with E-state index in [1.165, 1.54) is 23.4 Å². The Morgan fingerprint density at radius 1 is 0.875 bits per heavy atom. The van der Waals surface area contributed by atoms with Gasteiger partial charge in [-0.2, -0.15) is 0 Å². The van der Waals surface area contributed by atoms with Gasteiger partial charge >= 0.3 is 6.09 Å². The summed E-state index contributed by atoms with van der Waals surface area (Å²) in [6, 6.07) is 21.0. The second-order valence-electron chi connectivity index (χ2n) is 16.9. The van der Waals surface area contributed by atoms with E-state index in [-0.39, 0.29) is 35.7 Å². The number of carbonyl (C=O) groups excluding carboxylic acids is 3. The van der Waals surface area contributed by atoms with E-state index >= 15 is 0 Å². The van der Waals surface area contributed by atoms with Gasteiger partial charge in [0.15, 0.2) is 0 Å². The summed E-state index contributed by atoms with van der Waals surface area (Å²) in [5, 5.41) is 7.30. The Balaban J connectivity index is 1.05. The molecule has 0 aliphatic carbocycles. The predicted octanol–water partition coefficient (Wildman–Crippen LogP) is 9.13. The zero-order valence-electron chi connectivity index (χ0n) is 33.7. The van der Waals surface area contributed by atoms with Crippen LogP contribution in [0.4, 0.5) is 10.5 Å². The molecule has 0 unspecified atom stereocenters. The number of aromatic nitrogens is 2. The Bertz CT molecular complexity index is 2380. The Labute approximate surface area is 329 Å². The van der Waals surface area contributed by atoms with Crippen molar-refractivity contribution < 1.29 is 19.1 Å². The first kappa shape index (κ1) is 37.7. The summed E-state index contributed by atoms with van der Waals surface area (Å²) in [6.45, 7) is 13.7. The third-order valence-electron chi connectivity index (χ3n) is 12.8. The van der Waals surface area contributed by atoms with Crippen molar-refractivity contribution in [1.29, 1.82) is 0 Å². The number of amides is 3. The van der Waals surface area contributed by atoms with Crippen LogP contribution in [0.15, 0.2) is 65.7 Å². The predicted molar refractivity (Wildman–Crippen MR) is 223 cm³/mol. The number of H-pyrrole nitrogens is 1. The quantitative estimate of drug-likeness (QED) is 0.156. The van der Waals surface area contributed by atoms with Crippen LogP contribution < -0.4 is 5.32 Å². The van der Waals surface area contributed by atoms with E-state index in [4.69, 9.17) is 14.7 Å². The molecule has 2 N–H and O–H groups in total. The highest BCUT2D eigenvalue weighted by atomic mass is 16.5. The van der Waals surface area contributed by atoms with Gasteiger partial charge in [-0.05, 0) is 94.1 Å². The van der Waals surface area contributed by atoms with Crippen LogP contribution in [0.3, 0.4) is 0 Å². The van der Waals surface area contributed by atoms with Crippen LogP contribution >= 0.6 is 0 Å². The minimum atomic E-state index is -0.690. The number of likely N-dealkylation sites (tertiary alicyclic amines) is 2. The SMILES string of the molecule is CC[C@H]1C[C@@H](c2nc3c(ccc4cc(-c5ccc6c7c(ccc6c5)N=C([C@@H]5CCCN5C(=O)[C@@H](C)C(C)C)C7)ccc43)[nH]2)N(C(=O)[C@@H](NC(=O)OC)C(C)C)C1. The fourth-order valence-corrected chi connectivity index (χ4v) is 9.10. The van der Waals surface area contributed by atoms with Gasteiger partial charge in [-0.1, -0.05) is 84.4 Å². The number of imidazole rings is 1. The molecule has 5 atom stereocenters. The standard InChI is InChI=1S/C46H54N6O4/c1-8-28-20-40(52(24-28)45(54)41(26(4)5)50-46(55)56-7)43-48-37-18-14-32-22-30(12-16-34(32)42(37)49-43)29-11-15-33-31(21-29)13-17-36-35(33)23-38(47-36)39-10-9-19-51(39)44(53)27(6)25(2)3/h11-18,21-22,25-28,39-41H,8-10,19-20,23-24H2,1-7H3,(H,48,49)(H,50,55)/t27-,28-,39-,40-,41-/m0/s1. The van der Waals surface area contributed by atoms with Crippen molar-refractivity contribution in [3.05, 3.63) is 72.1 Å². The van der Waals surface area contributed by atoms with Gasteiger partial charge in [-0.3, -0.25) is 14.6 Å². The lowest BCUT2D eigenvalue weighted by atomic mass is 9.93. The van der Waals surface area contributed by atoms with Gasteiger partial charge in [-0.25, -0.2) is 9.78 Å². The van der Waals surface area contributed by atoms with E-state index in [1.807, 2.05) is 18.7 Å². The van der Waals surface area contributed by atoms with E-state index in [9.17, 15) is 14.4 Å². The molecule has 3 aliphatic heterocycles. The molecule has 5 aromatic rings. The van der Waals surface area contributed by atoms with E-state index in [0.717, 1.165) is 88.8 Å². The maximum Gasteiger partial charge on any atom is 0.407 e. The van der Waals surface area contributed by atoms with Crippen molar-refractivity contribution >= 4 is 61.9 Å². The van der Waals surface area contributed by atoms with Gasteiger partial charge in [0.2, 0.25) is 11.8 Å². The molecule has 4 aromatic carbocycles. The Morgan fingerprint density at radius 3 is 2.29 bits per heavy atom. The summed E-state index contributed by atoms with van der Waals surface area (Å²) in [6.07, 6.45) is 3.93. The molecule has 0 bridgehead atoms. The molecular weight excluding hydrogens is 701 g/mol. The number of nitrogens with one attached hydrogen (secondary N) is 2. The maximum absolute atomic E-state index is 14.0. The lowest BCUT2D eigenvalue weighted by molar-refractivity contribution is -0.136. The van der Waals surface area contributed by atoms with Crippen LogP contribution in [0.25, 0.3) is 43.7 Å². The molecule has 8 rings (SSSR count). The van der Waals surface area contributed by atoms with Crippen LogP contribution in [-0.2, 0) is 20.7 Å². The molecule has 10 heteroatoms. The van der Waals surface area contributed by atoms with E-state index in [0.29, 0.717) is 18.4 Å². The first-order chi connectivity index (χ1) is 26.9. The van der Waals surface area contributed by atoms with Crippen molar-refractivity contribution in [1.82, 2.24) is 25.1 Å². The molecule has 0 spiro atoms. The topological polar surface area (TPSA) is 120 Å². The fraction of sp³-hybridized carbons (Fsp3) is 0.457. The number of benzene rings is 4. The summed E-state index contributed by atoms with van der Waals surface area (Å²) in [4.78, 5) is 57.3. The number of aromatic amines is 1. The second-order valence-corrected chi connectivity index (χ2v) is 16.9. The zero-order valence-corrected chi connectivity index (χ0v) is 33.7. The number of nitrogens with zero attached hydrogens (tertiary/aromatic N) is 4. The first-order valence-corrected chi connectivity index (χ1v) is 20.5. The lowest BCUT2D eigenvalue weighted by Gasteiger charge is -2.30. The summed E-state index contributed by atoms with van der Waals surface area (Å²) in [5.41, 5.74) is 7.48. The smallest absolute Gasteiger partial charge is 0.407 e. The molecule has 10 nitrogen and oxygen atoms in total. The Hall–Kier alpha value is -5.25. The normalized spacial score (nSPS) is 20.7. The van der Waals surface area contributed by atoms with Gasteiger partial charge < -0.3 is 24.8 Å². The van der Waals surface area contributed by atoms with E-state index < -0.39 is 12.1 Å². The average molecular weight is 755 g/mol. The minimum Gasteiger partial charge on any atom is -0.453 e. The number of aliphatic imine (C=N–C) groups is 1. The summed E-state index contributed by atoms with van der Waals surface area (Å²) >= 11 is 0. The molecule has 3 amide bonds. The molecule has 1 aromatic heterocycles. The zero-order chi connectivity index (χ0) is 39.4. The largest absolute Gasteiger partial charge is 0.453 e. The van der Waals surface area contributed by atoms with Gasteiger partial charge in [-0.15, -0.1) is 0 Å². The number of ether oxygens (including phenoxy) is 1. The van der Waals surface area contributed by atoms with E-state index in [2.05, 4.69) is 104 Å². The van der Waals surface area contributed by atoms with Crippen molar-refractivity contribution in [2.24, 2.45) is 28.7 Å². The van der Waals surface area contributed by atoms with Crippen LogP contribution in [0.1, 0.15) is 84.7 Å². The van der Waals surface area contributed by atoms with Crippen molar-refractivity contribution in [3.63, 3.8) is 0 Å². The molecule has 56 heavy (non-hydrogen) atoms. The third kappa shape index (κ3) is 6.71. The van der Waals surface area contributed by atoms with Gasteiger partial charge in [0, 0.05) is 36.5 Å². The molecule has 0 radical (unpaired) electrons. The number of alkyl carbamates (subject to hydrolysis) is 1. The summed E-state index contributed by atoms with van der Waals surface area (Å²) < 4.78 is 4.84. The van der Waals surface area contributed by atoms with E-state index in [1.54, 1.807) is 0 Å². The highest BCUT2D eigenvalue weighted by Gasteiger charge is 2.41. The number of carbonyl (C=O) groups is 3. The molecule has 0 saturated carbocycles. The highest BCUT2D eigenvalue weighted by Crippen LogP contribution is 2.40. The molecule has 292 valence electrons. The Kier molecular flexibility index (Phi) is 10.1. The minimum absolute atomic E-state index is 0.00722. The molecular formula is C46H54N6O4. The monoisotopic (exact) mass is 754 g/mol. The van der Waals surface area contributed by atoms with Crippen LogP contribution in [0.2, 0.25) is 0 Å². The van der Waals surface area contributed by atoms with Crippen molar-refractivity contribution in [2.45, 2.75) is 91.8 Å². The van der Waals surface area contributed by atoms with Crippen molar-refractivity contribution in [3.8, 4) is 11.1 Å². The van der Waals surface area contributed by atoms with Crippen LogP contribution in [0.5, 0.6) is 0 Å². The second kappa shape index (κ2) is 15.0. The average Bonchev–Trinajstić information content (AvgIpc) is 4.03. The van der Waals surface area contributed by atoms with Crippen molar-refractivity contribution in [2.75, 3.05) is 20.2 Å². The van der Waals surface area contributed by atoms with Gasteiger partial charge in [0.05, 0.1) is 35.9 Å². The number of hydrogen-bond acceptors (Lipinski definition) is 6. The lowest BCUT2D eigenvalue weighted by Crippen LogP contribution is -2.51. The molecule has 2 saturated heterocycles. The van der Waals surface area contributed by atoms with Gasteiger partial charge in [0.1, 0.15) is 11.9 Å². The molecule has 2 fully saturated rings. The summed E-state index contributed by atoms with van der Waals surface area (Å²) in [5.74, 6) is 1.47. The van der Waals surface area contributed by atoms with Crippen LogP contribution in [-0.4, -0.2) is 75.7 Å². The highest BCUT2D eigenvalue weighted by molar-refractivity contribution is 6.07. The summed E-state index contributed by atoms with van der Waals surface area (Å²) in [7, 11) is 1.31. The number of rotatable bonds is 9. The number of hydrogen-bond donors (Lipinski definition) is 2. The molecule has 3 aliphatic rings. The number of methoxy groups -OCH3 is 1. The fourth-order valence-electron chi connectivity index (χ4n) is 9.10. The van der Waals surface area contributed by atoms with Gasteiger partial charge in [0.25, 0.3) is 0 Å². The third-order valence-corrected chi connectivity index (χ3v) is 12.8. The Morgan fingerprint density at radius 2 is 1.59 bits per heavy atom. The maximum atomic E-state index is 14.0. The van der Waals surface area contributed by atoms with Crippen LogP contribution in [0, 0.1) is 23.7 Å². The first-order valence-electron chi connectivity index (χ1n) is 20.5. The number of fused-ring (bicyclic) bond motifs is 6. The molecule has 4 heterocycles.